The minimum absolute atomic E-state index is 0.131. The predicted octanol–water partition coefficient (Wildman–Crippen LogP) is 3.01. The van der Waals surface area contributed by atoms with E-state index in [9.17, 15) is 8.42 Å². The van der Waals surface area contributed by atoms with Gasteiger partial charge in [0.05, 0.1) is 5.69 Å². The molecule has 0 aromatic heterocycles. The van der Waals surface area contributed by atoms with Crippen molar-refractivity contribution in [3.8, 4) is 11.1 Å². The molecular weight excluding hydrogens is 284 g/mol. The second-order valence-corrected chi connectivity index (χ2v) is 7.56. The summed E-state index contributed by atoms with van der Waals surface area (Å²) in [6.07, 6.45) is 0. The van der Waals surface area contributed by atoms with Crippen molar-refractivity contribution in [3.05, 3.63) is 48.5 Å². The van der Waals surface area contributed by atoms with Gasteiger partial charge in [-0.2, -0.15) is 0 Å². The van der Waals surface area contributed by atoms with E-state index in [0.29, 0.717) is 5.56 Å². The highest BCUT2D eigenvalue weighted by atomic mass is 32.2. The highest BCUT2D eigenvalue weighted by molar-refractivity contribution is 7.89. The summed E-state index contributed by atoms with van der Waals surface area (Å²) in [7, 11) is -3.70. The van der Waals surface area contributed by atoms with Crippen LogP contribution in [0.5, 0.6) is 0 Å². The summed E-state index contributed by atoms with van der Waals surface area (Å²) >= 11 is 0. The van der Waals surface area contributed by atoms with E-state index >= 15 is 0 Å². The molecule has 112 valence electrons. The van der Waals surface area contributed by atoms with E-state index in [0.717, 1.165) is 5.56 Å². The summed E-state index contributed by atoms with van der Waals surface area (Å²) in [5.41, 5.74) is 7.04. The molecule has 0 unspecified atom stereocenters. The number of benzene rings is 2. The van der Waals surface area contributed by atoms with Crippen molar-refractivity contribution in [2.45, 2.75) is 31.2 Å². The van der Waals surface area contributed by atoms with E-state index in [2.05, 4.69) is 4.72 Å². The Morgan fingerprint density at radius 2 is 1.57 bits per heavy atom. The molecule has 0 saturated heterocycles. The number of hydrogen-bond donors (Lipinski definition) is 2. The van der Waals surface area contributed by atoms with Crippen LogP contribution < -0.4 is 10.5 Å². The molecule has 0 aliphatic carbocycles. The molecule has 2 rings (SSSR count). The molecule has 0 aliphatic heterocycles. The van der Waals surface area contributed by atoms with Gasteiger partial charge in [-0.1, -0.05) is 42.5 Å². The van der Waals surface area contributed by atoms with E-state index in [1.54, 1.807) is 39.0 Å². The SMILES string of the molecule is CC(C)(C)NS(=O)(=O)c1c(N)cccc1-c1ccccc1. The molecule has 0 radical (unpaired) electrons. The van der Waals surface area contributed by atoms with Crippen LogP contribution in [0.2, 0.25) is 0 Å². The molecule has 2 aromatic rings. The van der Waals surface area contributed by atoms with Crippen molar-refractivity contribution in [1.82, 2.24) is 4.72 Å². The molecule has 21 heavy (non-hydrogen) atoms. The summed E-state index contributed by atoms with van der Waals surface area (Å²) in [5, 5.41) is 0. The highest BCUT2D eigenvalue weighted by Gasteiger charge is 2.26. The fraction of sp³-hybridized carbons (Fsp3) is 0.250. The molecule has 0 saturated carbocycles. The number of sulfonamides is 1. The zero-order valence-corrected chi connectivity index (χ0v) is 13.2. The maximum absolute atomic E-state index is 12.7. The summed E-state index contributed by atoms with van der Waals surface area (Å²) in [6, 6.07) is 14.5. The van der Waals surface area contributed by atoms with Gasteiger partial charge in [-0.25, -0.2) is 13.1 Å². The summed E-state index contributed by atoms with van der Waals surface area (Å²) in [5.74, 6) is 0. The molecule has 5 heteroatoms. The van der Waals surface area contributed by atoms with Gasteiger partial charge in [0.15, 0.2) is 0 Å². The third-order valence-electron chi connectivity index (χ3n) is 2.84. The first-order chi connectivity index (χ1) is 9.71. The van der Waals surface area contributed by atoms with Crippen LogP contribution in [0.1, 0.15) is 20.8 Å². The van der Waals surface area contributed by atoms with E-state index in [1.165, 1.54) is 0 Å². The van der Waals surface area contributed by atoms with Crippen molar-refractivity contribution < 1.29 is 8.42 Å². The van der Waals surface area contributed by atoms with Gasteiger partial charge >= 0.3 is 0 Å². The third-order valence-corrected chi connectivity index (χ3v) is 4.71. The zero-order chi connectivity index (χ0) is 15.7. The second kappa shape index (κ2) is 5.50. The maximum Gasteiger partial charge on any atom is 0.243 e. The van der Waals surface area contributed by atoms with Crippen LogP contribution in [0.3, 0.4) is 0 Å². The minimum atomic E-state index is -3.70. The Bertz CT molecular complexity index is 733. The van der Waals surface area contributed by atoms with Crippen LogP contribution in [0, 0.1) is 0 Å². The highest BCUT2D eigenvalue weighted by Crippen LogP contribution is 2.32. The Balaban J connectivity index is 2.64. The van der Waals surface area contributed by atoms with Crippen molar-refractivity contribution in [2.75, 3.05) is 5.73 Å². The smallest absolute Gasteiger partial charge is 0.243 e. The van der Waals surface area contributed by atoms with Crippen molar-refractivity contribution >= 4 is 15.7 Å². The Kier molecular flexibility index (Phi) is 4.07. The van der Waals surface area contributed by atoms with Crippen LogP contribution in [0.4, 0.5) is 5.69 Å². The second-order valence-electron chi connectivity index (χ2n) is 5.95. The number of nitrogens with two attached hydrogens (primary N) is 1. The van der Waals surface area contributed by atoms with Crippen LogP contribution in [-0.2, 0) is 10.0 Å². The molecule has 0 fully saturated rings. The Morgan fingerprint density at radius 1 is 0.952 bits per heavy atom. The van der Waals surface area contributed by atoms with Gasteiger partial charge in [-0.05, 0) is 32.4 Å². The summed E-state index contributed by atoms with van der Waals surface area (Å²) < 4.78 is 28.0. The van der Waals surface area contributed by atoms with Gasteiger partial charge in [-0.15, -0.1) is 0 Å². The van der Waals surface area contributed by atoms with Crippen LogP contribution in [-0.4, -0.2) is 14.0 Å². The third kappa shape index (κ3) is 3.62. The first kappa shape index (κ1) is 15.5. The van der Waals surface area contributed by atoms with Gasteiger partial charge in [0, 0.05) is 11.1 Å². The van der Waals surface area contributed by atoms with E-state index in [-0.39, 0.29) is 10.6 Å². The van der Waals surface area contributed by atoms with E-state index in [4.69, 9.17) is 5.73 Å². The quantitative estimate of drug-likeness (QED) is 0.856. The molecule has 0 atom stereocenters. The molecule has 0 bridgehead atoms. The predicted molar refractivity (Wildman–Crippen MR) is 86.4 cm³/mol. The van der Waals surface area contributed by atoms with Crippen LogP contribution >= 0.6 is 0 Å². The Labute approximate surface area is 126 Å². The molecular formula is C16H20N2O2S. The molecule has 4 nitrogen and oxygen atoms in total. The molecule has 2 aromatic carbocycles. The van der Waals surface area contributed by atoms with E-state index in [1.807, 2.05) is 30.3 Å². The number of hydrogen-bond acceptors (Lipinski definition) is 3. The fourth-order valence-electron chi connectivity index (χ4n) is 2.15. The van der Waals surface area contributed by atoms with Crippen LogP contribution in [0.15, 0.2) is 53.4 Å². The number of nitrogens with one attached hydrogen (secondary N) is 1. The van der Waals surface area contributed by atoms with Gasteiger partial charge in [-0.3, -0.25) is 0 Å². The lowest BCUT2D eigenvalue weighted by Gasteiger charge is -2.22. The molecule has 0 spiro atoms. The average molecular weight is 304 g/mol. The minimum Gasteiger partial charge on any atom is -0.398 e. The van der Waals surface area contributed by atoms with Gasteiger partial charge < -0.3 is 5.73 Å². The first-order valence-electron chi connectivity index (χ1n) is 6.68. The topological polar surface area (TPSA) is 72.2 Å². The lowest BCUT2D eigenvalue weighted by Crippen LogP contribution is -2.40. The number of nitrogen functional groups attached to an aromatic ring is 1. The Hall–Kier alpha value is -1.85. The summed E-state index contributed by atoms with van der Waals surface area (Å²) in [6.45, 7) is 5.39. The fourth-order valence-corrected chi connectivity index (χ4v) is 3.92. The van der Waals surface area contributed by atoms with Crippen molar-refractivity contribution in [3.63, 3.8) is 0 Å². The van der Waals surface area contributed by atoms with Gasteiger partial charge in [0.2, 0.25) is 10.0 Å². The lowest BCUT2D eigenvalue weighted by atomic mass is 10.1. The monoisotopic (exact) mass is 304 g/mol. The molecule has 0 amide bonds. The number of anilines is 1. The first-order valence-corrected chi connectivity index (χ1v) is 8.17. The number of rotatable bonds is 3. The van der Waals surface area contributed by atoms with Crippen LogP contribution in [0.25, 0.3) is 11.1 Å². The lowest BCUT2D eigenvalue weighted by molar-refractivity contribution is 0.492. The van der Waals surface area contributed by atoms with Crippen molar-refractivity contribution in [2.24, 2.45) is 0 Å². The Morgan fingerprint density at radius 3 is 2.14 bits per heavy atom. The standard InChI is InChI=1S/C16H20N2O2S/c1-16(2,3)18-21(19,20)15-13(10-7-11-14(15)17)12-8-5-4-6-9-12/h4-11,18H,17H2,1-3H3. The van der Waals surface area contributed by atoms with Crippen molar-refractivity contribution in [1.29, 1.82) is 0 Å². The maximum atomic E-state index is 12.7. The normalized spacial score (nSPS) is 12.3. The van der Waals surface area contributed by atoms with Gasteiger partial charge in [0.25, 0.3) is 0 Å². The van der Waals surface area contributed by atoms with Gasteiger partial charge in [0.1, 0.15) is 4.90 Å². The molecule has 0 heterocycles. The average Bonchev–Trinajstić information content (AvgIpc) is 2.36. The molecule has 0 aliphatic rings. The molecule has 3 N–H and O–H groups in total. The largest absolute Gasteiger partial charge is 0.398 e. The van der Waals surface area contributed by atoms with E-state index < -0.39 is 15.6 Å². The zero-order valence-electron chi connectivity index (χ0n) is 12.4. The summed E-state index contributed by atoms with van der Waals surface area (Å²) in [4.78, 5) is 0.131.